The quantitative estimate of drug-likeness (QED) is 0.735. The summed E-state index contributed by atoms with van der Waals surface area (Å²) in [7, 11) is 3.51. The van der Waals surface area contributed by atoms with Crippen LogP contribution in [0.1, 0.15) is 31.0 Å². The predicted molar refractivity (Wildman–Crippen MR) is 66.9 cm³/mol. The predicted octanol–water partition coefficient (Wildman–Crippen LogP) is 0.640. The van der Waals surface area contributed by atoms with Crippen molar-refractivity contribution in [1.29, 1.82) is 0 Å². The van der Waals surface area contributed by atoms with E-state index < -0.39 is 6.10 Å². The Hall–Kier alpha value is -0.910. The molecule has 0 bridgehead atoms. The third kappa shape index (κ3) is 4.46. The zero-order valence-corrected chi connectivity index (χ0v) is 11.1. The van der Waals surface area contributed by atoms with Crippen LogP contribution >= 0.6 is 0 Å². The summed E-state index contributed by atoms with van der Waals surface area (Å²) in [5.74, 6) is 0.414. The summed E-state index contributed by atoms with van der Waals surface area (Å²) in [4.78, 5) is 0. The van der Waals surface area contributed by atoms with Crippen molar-refractivity contribution < 1.29 is 9.84 Å². The maximum absolute atomic E-state index is 9.50. The Kier molecular flexibility index (Phi) is 5.61. The molecular formula is C12H23N3O2. The van der Waals surface area contributed by atoms with Crippen LogP contribution in [0, 0.1) is 0 Å². The highest BCUT2D eigenvalue weighted by Gasteiger charge is 2.11. The maximum Gasteiger partial charge on any atom is 0.0897 e. The normalized spacial score (nSPS) is 13.3. The van der Waals surface area contributed by atoms with Crippen molar-refractivity contribution in [3.05, 3.63) is 17.5 Å². The summed E-state index contributed by atoms with van der Waals surface area (Å²) in [6, 6.07) is 0. The van der Waals surface area contributed by atoms with E-state index in [0.717, 1.165) is 12.2 Å². The molecule has 0 amide bonds. The van der Waals surface area contributed by atoms with Crippen molar-refractivity contribution in [3.63, 3.8) is 0 Å². The van der Waals surface area contributed by atoms with E-state index in [2.05, 4.69) is 24.3 Å². The average Bonchev–Trinajstić information content (AvgIpc) is 2.60. The zero-order valence-electron chi connectivity index (χ0n) is 11.1. The van der Waals surface area contributed by atoms with Crippen molar-refractivity contribution >= 4 is 0 Å². The number of aliphatic hydroxyl groups is 1. The number of rotatable bonds is 7. The van der Waals surface area contributed by atoms with E-state index in [-0.39, 0.29) is 0 Å². The van der Waals surface area contributed by atoms with E-state index in [1.165, 1.54) is 5.56 Å². The maximum atomic E-state index is 9.50. The van der Waals surface area contributed by atoms with Crippen molar-refractivity contribution in [3.8, 4) is 0 Å². The number of aromatic nitrogens is 2. The van der Waals surface area contributed by atoms with Crippen molar-refractivity contribution in [2.45, 2.75) is 32.4 Å². The summed E-state index contributed by atoms with van der Waals surface area (Å²) in [5.41, 5.74) is 2.30. The molecule has 5 heteroatoms. The van der Waals surface area contributed by atoms with Crippen LogP contribution in [-0.2, 0) is 18.3 Å². The van der Waals surface area contributed by atoms with Crippen molar-refractivity contribution in [1.82, 2.24) is 15.1 Å². The van der Waals surface area contributed by atoms with Crippen molar-refractivity contribution in [2.75, 3.05) is 20.3 Å². The van der Waals surface area contributed by atoms with Crippen LogP contribution in [0.2, 0.25) is 0 Å². The van der Waals surface area contributed by atoms with Crippen LogP contribution in [0.15, 0.2) is 6.20 Å². The Morgan fingerprint density at radius 3 is 2.82 bits per heavy atom. The first-order valence-corrected chi connectivity index (χ1v) is 5.94. The van der Waals surface area contributed by atoms with Gasteiger partial charge in [-0.15, -0.1) is 0 Å². The molecule has 0 aliphatic heterocycles. The van der Waals surface area contributed by atoms with E-state index in [9.17, 15) is 5.11 Å². The van der Waals surface area contributed by atoms with Crippen LogP contribution in [0.5, 0.6) is 0 Å². The van der Waals surface area contributed by atoms with Gasteiger partial charge in [0.05, 0.1) is 18.4 Å². The molecule has 0 saturated carbocycles. The van der Waals surface area contributed by atoms with Gasteiger partial charge in [0, 0.05) is 39.0 Å². The number of nitrogens with one attached hydrogen (secondary N) is 1. The highest BCUT2D eigenvalue weighted by atomic mass is 16.5. The molecule has 0 aromatic carbocycles. The topological polar surface area (TPSA) is 59.3 Å². The number of methoxy groups -OCH3 is 1. The average molecular weight is 241 g/mol. The fourth-order valence-electron chi connectivity index (χ4n) is 1.80. The minimum atomic E-state index is -0.459. The van der Waals surface area contributed by atoms with Gasteiger partial charge < -0.3 is 15.2 Å². The molecule has 1 rings (SSSR count). The molecule has 98 valence electrons. The van der Waals surface area contributed by atoms with Gasteiger partial charge in [-0.05, 0) is 5.92 Å². The molecule has 0 aliphatic rings. The lowest BCUT2D eigenvalue weighted by Gasteiger charge is -2.11. The Morgan fingerprint density at radius 2 is 2.24 bits per heavy atom. The van der Waals surface area contributed by atoms with Gasteiger partial charge >= 0.3 is 0 Å². The molecule has 2 N–H and O–H groups in total. The van der Waals surface area contributed by atoms with E-state index in [1.807, 2.05) is 17.9 Å². The van der Waals surface area contributed by atoms with Gasteiger partial charge in [-0.2, -0.15) is 5.10 Å². The lowest BCUT2D eigenvalue weighted by Crippen LogP contribution is -2.29. The van der Waals surface area contributed by atoms with Crippen LogP contribution in [-0.4, -0.2) is 41.3 Å². The van der Waals surface area contributed by atoms with Crippen LogP contribution in [0.3, 0.4) is 0 Å². The number of ether oxygens (including phenoxy) is 1. The standard InChI is InChI=1S/C12H23N3O2/c1-9(2)12-10(7-15(3)14-12)5-13-6-11(16)8-17-4/h7,9,11,13,16H,5-6,8H2,1-4H3. The first-order valence-electron chi connectivity index (χ1n) is 5.94. The molecule has 0 aliphatic carbocycles. The molecule has 5 nitrogen and oxygen atoms in total. The van der Waals surface area contributed by atoms with Gasteiger partial charge in [0.2, 0.25) is 0 Å². The first-order chi connectivity index (χ1) is 8.04. The van der Waals surface area contributed by atoms with Gasteiger partial charge in [0.25, 0.3) is 0 Å². The van der Waals surface area contributed by atoms with Gasteiger partial charge in [-0.1, -0.05) is 13.8 Å². The second-order valence-corrected chi connectivity index (χ2v) is 4.61. The zero-order chi connectivity index (χ0) is 12.8. The van der Waals surface area contributed by atoms with Gasteiger partial charge in [-0.25, -0.2) is 0 Å². The number of aliphatic hydroxyl groups excluding tert-OH is 1. The first kappa shape index (κ1) is 14.2. The van der Waals surface area contributed by atoms with Gasteiger partial charge in [0.15, 0.2) is 0 Å². The van der Waals surface area contributed by atoms with E-state index in [0.29, 0.717) is 19.1 Å². The number of hydrogen-bond donors (Lipinski definition) is 2. The van der Waals surface area contributed by atoms with Crippen molar-refractivity contribution in [2.24, 2.45) is 7.05 Å². The third-order valence-corrected chi connectivity index (χ3v) is 2.54. The molecule has 0 fully saturated rings. The Labute approximate surface area is 103 Å². The molecule has 1 heterocycles. The second-order valence-electron chi connectivity index (χ2n) is 4.61. The molecule has 1 aromatic rings. The van der Waals surface area contributed by atoms with Crippen LogP contribution < -0.4 is 5.32 Å². The van der Waals surface area contributed by atoms with E-state index in [4.69, 9.17) is 4.74 Å². The summed E-state index contributed by atoms with van der Waals surface area (Å²) >= 11 is 0. The fraction of sp³-hybridized carbons (Fsp3) is 0.750. The largest absolute Gasteiger partial charge is 0.389 e. The summed E-state index contributed by atoms with van der Waals surface area (Å²) in [6.45, 7) is 5.87. The van der Waals surface area contributed by atoms with Gasteiger partial charge in [0.1, 0.15) is 0 Å². The third-order valence-electron chi connectivity index (χ3n) is 2.54. The minimum absolute atomic E-state index is 0.358. The molecule has 1 unspecified atom stereocenters. The molecule has 0 saturated heterocycles. The minimum Gasteiger partial charge on any atom is -0.389 e. The smallest absolute Gasteiger partial charge is 0.0897 e. The molecule has 0 radical (unpaired) electrons. The Bertz CT molecular complexity index is 336. The number of hydrogen-bond acceptors (Lipinski definition) is 4. The fourth-order valence-corrected chi connectivity index (χ4v) is 1.80. The lowest BCUT2D eigenvalue weighted by atomic mass is 10.1. The molecule has 17 heavy (non-hydrogen) atoms. The molecular weight excluding hydrogens is 218 g/mol. The highest BCUT2D eigenvalue weighted by molar-refractivity contribution is 5.19. The van der Waals surface area contributed by atoms with Crippen LogP contribution in [0.4, 0.5) is 0 Å². The van der Waals surface area contributed by atoms with E-state index in [1.54, 1.807) is 7.11 Å². The monoisotopic (exact) mass is 241 g/mol. The lowest BCUT2D eigenvalue weighted by molar-refractivity contribution is 0.0644. The molecule has 1 atom stereocenters. The van der Waals surface area contributed by atoms with Gasteiger partial charge in [-0.3, -0.25) is 4.68 Å². The Morgan fingerprint density at radius 1 is 1.53 bits per heavy atom. The highest BCUT2D eigenvalue weighted by Crippen LogP contribution is 2.16. The molecule has 0 spiro atoms. The van der Waals surface area contributed by atoms with Crippen LogP contribution in [0.25, 0.3) is 0 Å². The van der Waals surface area contributed by atoms with E-state index >= 15 is 0 Å². The second kappa shape index (κ2) is 6.74. The number of nitrogens with zero attached hydrogens (tertiary/aromatic N) is 2. The number of aryl methyl sites for hydroxylation is 1. The Balaban J connectivity index is 2.46. The summed E-state index contributed by atoms with van der Waals surface area (Å²) in [5, 5.41) is 17.1. The molecule has 1 aromatic heterocycles. The summed E-state index contributed by atoms with van der Waals surface area (Å²) in [6.07, 6.45) is 1.56. The summed E-state index contributed by atoms with van der Waals surface area (Å²) < 4.78 is 6.70. The SMILES string of the molecule is COCC(O)CNCc1cn(C)nc1C(C)C.